The first-order chi connectivity index (χ1) is 10.5. The van der Waals surface area contributed by atoms with Crippen LogP contribution in [0.3, 0.4) is 0 Å². The smallest absolute Gasteiger partial charge is 0.131 e. The molecule has 3 atom stereocenters. The van der Waals surface area contributed by atoms with Crippen LogP contribution < -0.4 is 0 Å². The number of hydrogen-bond donors (Lipinski definition) is 2. The van der Waals surface area contributed by atoms with Crippen molar-refractivity contribution in [2.45, 2.75) is 44.1 Å². The summed E-state index contributed by atoms with van der Waals surface area (Å²) in [4.78, 5) is 0. The molecule has 0 heterocycles. The van der Waals surface area contributed by atoms with Gasteiger partial charge in [-0.2, -0.15) is 0 Å². The minimum atomic E-state index is -0.987. The topological polar surface area (TPSA) is 40.5 Å². The fourth-order valence-electron chi connectivity index (χ4n) is 4.75. The molecule has 0 unspecified atom stereocenters. The maximum absolute atomic E-state index is 10.9. The molecule has 22 heavy (non-hydrogen) atoms. The van der Waals surface area contributed by atoms with E-state index in [9.17, 15) is 10.2 Å². The molecule has 0 radical (unpaired) electrons. The summed E-state index contributed by atoms with van der Waals surface area (Å²) in [6, 6.07) is 9.82. The van der Waals surface area contributed by atoms with Gasteiger partial charge in [0, 0.05) is 5.41 Å². The Bertz CT molecular complexity index is 816. The third kappa shape index (κ3) is 1.55. The number of aliphatic hydroxyl groups is 1. The summed E-state index contributed by atoms with van der Waals surface area (Å²) in [5.41, 5.74) is 1.47. The van der Waals surface area contributed by atoms with Crippen LogP contribution in [0.15, 0.2) is 30.3 Å². The van der Waals surface area contributed by atoms with Crippen LogP contribution in [-0.4, -0.2) is 15.8 Å². The first-order valence-corrected chi connectivity index (χ1v) is 7.93. The predicted molar refractivity (Wildman–Crippen MR) is 87.8 cm³/mol. The van der Waals surface area contributed by atoms with Crippen molar-refractivity contribution in [1.29, 1.82) is 0 Å². The Morgan fingerprint density at radius 2 is 2.05 bits per heavy atom. The Labute approximate surface area is 130 Å². The van der Waals surface area contributed by atoms with Crippen LogP contribution in [-0.2, 0) is 6.42 Å². The minimum Gasteiger partial charge on any atom is -0.508 e. The Hall–Kier alpha value is -1.98. The van der Waals surface area contributed by atoms with Gasteiger partial charge in [0.15, 0.2) is 0 Å². The van der Waals surface area contributed by atoms with E-state index < -0.39 is 5.60 Å². The maximum Gasteiger partial charge on any atom is 0.131 e. The highest BCUT2D eigenvalue weighted by atomic mass is 16.3. The number of rotatable bonds is 0. The molecule has 2 aliphatic rings. The maximum atomic E-state index is 10.9. The van der Waals surface area contributed by atoms with E-state index in [-0.39, 0.29) is 5.41 Å². The second-order valence-corrected chi connectivity index (χ2v) is 7.05. The molecule has 1 fully saturated rings. The Morgan fingerprint density at radius 1 is 1.23 bits per heavy atom. The van der Waals surface area contributed by atoms with Gasteiger partial charge >= 0.3 is 0 Å². The van der Waals surface area contributed by atoms with Crippen LogP contribution in [0, 0.1) is 17.8 Å². The van der Waals surface area contributed by atoms with Crippen LogP contribution in [0.5, 0.6) is 5.75 Å². The quantitative estimate of drug-likeness (QED) is 0.726. The van der Waals surface area contributed by atoms with E-state index in [1.807, 2.05) is 12.1 Å². The molecule has 4 rings (SSSR count). The van der Waals surface area contributed by atoms with Crippen molar-refractivity contribution in [3.63, 3.8) is 0 Å². The second-order valence-electron chi connectivity index (χ2n) is 7.05. The molecule has 2 aromatic rings. The molecule has 2 aliphatic carbocycles. The number of terminal acetylenes is 1. The Kier molecular flexibility index (Phi) is 2.65. The van der Waals surface area contributed by atoms with Gasteiger partial charge in [-0.15, -0.1) is 6.42 Å². The fraction of sp³-hybridized carbons (Fsp3) is 0.400. The zero-order valence-electron chi connectivity index (χ0n) is 12.8. The van der Waals surface area contributed by atoms with E-state index in [0.717, 1.165) is 24.6 Å². The molecular weight excluding hydrogens is 272 g/mol. The molecule has 2 heteroatoms. The van der Waals surface area contributed by atoms with Gasteiger partial charge in [0.2, 0.25) is 0 Å². The molecule has 2 nitrogen and oxygen atoms in total. The first-order valence-electron chi connectivity index (χ1n) is 7.93. The van der Waals surface area contributed by atoms with Gasteiger partial charge in [-0.25, -0.2) is 0 Å². The van der Waals surface area contributed by atoms with Crippen LogP contribution in [0.2, 0.25) is 0 Å². The molecule has 0 amide bonds. The highest BCUT2D eigenvalue weighted by molar-refractivity contribution is 5.88. The van der Waals surface area contributed by atoms with Crippen molar-refractivity contribution in [3.05, 3.63) is 41.5 Å². The third-order valence-corrected chi connectivity index (χ3v) is 6.17. The van der Waals surface area contributed by atoms with Crippen molar-refractivity contribution < 1.29 is 10.2 Å². The van der Waals surface area contributed by atoms with E-state index >= 15 is 0 Å². The zero-order chi connectivity index (χ0) is 15.5. The summed E-state index contributed by atoms with van der Waals surface area (Å²) in [5.74, 6) is 3.29. The van der Waals surface area contributed by atoms with E-state index in [2.05, 4.69) is 25.0 Å². The van der Waals surface area contributed by atoms with Gasteiger partial charge < -0.3 is 10.2 Å². The highest BCUT2D eigenvalue weighted by Gasteiger charge is 2.57. The number of aromatic hydroxyl groups is 1. The van der Waals surface area contributed by atoms with Gasteiger partial charge in [0.05, 0.1) is 0 Å². The van der Waals surface area contributed by atoms with Crippen molar-refractivity contribution in [1.82, 2.24) is 0 Å². The second kappa shape index (κ2) is 4.27. The fourth-order valence-corrected chi connectivity index (χ4v) is 4.75. The van der Waals surface area contributed by atoms with Crippen molar-refractivity contribution in [2.75, 3.05) is 0 Å². The first kappa shape index (κ1) is 13.7. The lowest BCUT2D eigenvalue weighted by Crippen LogP contribution is -2.45. The molecule has 0 aliphatic heterocycles. The molecule has 2 N–H and O–H groups in total. The van der Waals surface area contributed by atoms with Crippen LogP contribution in [0.4, 0.5) is 0 Å². The number of phenolic OH excluding ortho intramolecular Hbond substituents is 1. The SMILES string of the molecule is C#C[C@@]1(O)CC[C@@H]2c3ccc4cc(O)ccc4c3CC[C@@]21C. The van der Waals surface area contributed by atoms with Gasteiger partial charge in [0.1, 0.15) is 11.4 Å². The van der Waals surface area contributed by atoms with E-state index in [1.54, 1.807) is 6.07 Å². The lowest BCUT2D eigenvalue weighted by atomic mass is 9.61. The van der Waals surface area contributed by atoms with E-state index in [0.29, 0.717) is 18.1 Å². The van der Waals surface area contributed by atoms with Gasteiger partial charge in [-0.3, -0.25) is 0 Å². The van der Waals surface area contributed by atoms with Crippen molar-refractivity contribution in [2.24, 2.45) is 5.41 Å². The summed E-state index contributed by atoms with van der Waals surface area (Å²) in [5, 5.41) is 22.8. The van der Waals surface area contributed by atoms with E-state index in [4.69, 9.17) is 6.42 Å². The molecule has 0 saturated heterocycles. The summed E-state index contributed by atoms with van der Waals surface area (Å²) >= 11 is 0. The number of hydrogen-bond acceptors (Lipinski definition) is 2. The Morgan fingerprint density at radius 3 is 2.82 bits per heavy atom. The third-order valence-electron chi connectivity index (χ3n) is 6.17. The Balaban J connectivity index is 1.92. The summed E-state index contributed by atoms with van der Waals surface area (Å²) in [7, 11) is 0. The lowest BCUT2D eigenvalue weighted by Gasteiger charge is -2.44. The lowest BCUT2D eigenvalue weighted by molar-refractivity contribution is -0.0154. The van der Waals surface area contributed by atoms with E-state index in [1.165, 1.54) is 16.5 Å². The number of phenols is 1. The molecule has 0 bridgehead atoms. The van der Waals surface area contributed by atoms with Gasteiger partial charge in [-0.1, -0.05) is 31.0 Å². The average Bonchev–Trinajstić information content (AvgIpc) is 2.79. The summed E-state index contributed by atoms with van der Waals surface area (Å²) < 4.78 is 0. The highest BCUT2D eigenvalue weighted by Crippen LogP contribution is 2.60. The largest absolute Gasteiger partial charge is 0.508 e. The molecule has 1 saturated carbocycles. The molecule has 0 spiro atoms. The molecule has 2 aromatic carbocycles. The monoisotopic (exact) mass is 292 g/mol. The average molecular weight is 292 g/mol. The normalized spacial score (nSPS) is 33.2. The molecule has 112 valence electrons. The minimum absolute atomic E-state index is 0.237. The van der Waals surface area contributed by atoms with Gasteiger partial charge in [0.25, 0.3) is 0 Å². The van der Waals surface area contributed by atoms with Gasteiger partial charge in [-0.05, 0) is 65.6 Å². The number of benzene rings is 2. The van der Waals surface area contributed by atoms with Crippen molar-refractivity contribution >= 4 is 10.8 Å². The molecule has 0 aromatic heterocycles. The zero-order valence-corrected chi connectivity index (χ0v) is 12.8. The number of aryl methyl sites for hydroxylation is 1. The summed E-state index contributed by atoms with van der Waals surface area (Å²) in [6.45, 7) is 2.15. The van der Waals surface area contributed by atoms with Crippen LogP contribution in [0.1, 0.15) is 43.2 Å². The van der Waals surface area contributed by atoms with Crippen molar-refractivity contribution in [3.8, 4) is 18.1 Å². The standard InChI is InChI=1S/C20H20O2/c1-3-20(22)11-9-18-17-6-4-13-12-14(21)5-7-15(13)16(17)8-10-19(18,20)2/h1,4-7,12,18,21-22H,8-11H2,2H3/t18-,19+,20-/m1/s1. The number of fused-ring (bicyclic) bond motifs is 5. The summed E-state index contributed by atoms with van der Waals surface area (Å²) in [6.07, 6.45) is 9.11. The van der Waals surface area contributed by atoms with Crippen LogP contribution >= 0.6 is 0 Å². The molecular formula is C20H20O2. The van der Waals surface area contributed by atoms with Crippen LogP contribution in [0.25, 0.3) is 10.8 Å². The predicted octanol–water partition coefficient (Wildman–Crippen LogP) is 3.74.